The maximum Gasteiger partial charge on any atom is 0.261 e. The summed E-state index contributed by atoms with van der Waals surface area (Å²) in [6, 6.07) is 31.6. The first-order chi connectivity index (χ1) is 20.2. The second-order valence-corrected chi connectivity index (χ2v) is 20.1. The van der Waals surface area contributed by atoms with Crippen LogP contribution in [-0.4, -0.2) is 25.8 Å². The molecule has 0 spiro atoms. The van der Waals surface area contributed by atoms with E-state index in [4.69, 9.17) is 13.9 Å². The molecule has 232 valence electrons. The molecular formula is C38H52O3SSi. The van der Waals surface area contributed by atoms with Gasteiger partial charge in [-0.1, -0.05) is 139 Å². The highest BCUT2D eigenvalue weighted by Crippen LogP contribution is 2.42. The zero-order valence-electron chi connectivity index (χ0n) is 27.9. The molecule has 0 radical (unpaired) electrons. The van der Waals surface area contributed by atoms with Gasteiger partial charge >= 0.3 is 0 Å². The van der Waals surface area contributed by atoms with Gasteiger partial charge in [-0.05, 0) is 59.3 Å². The highest BCUT2D eigenvalue weighted by Gasteiger charge is 2.41. The van der Waals surface area contributed by atoms with Gasteiger partial charge < -0.3 is 13.9 Å². The Morgan fingerprint density at radius 3 is 1.58 bits per heavy atom. The Morgan fingerprint density at radius 2 is 1.21 bits per heavy atom. The fraction of sp³-hybridized carbons (Fsp3) is 0.421. The third-order valence-corrected chi connectivity index (χ3v) is 13.3. The first kappa shape index (κ1) is 34.8. The van der Waals surface area contributed by atoms with E-state index in [1.807, 2.05) is 13.0 Å². The Hall–Kier alpha value is -2.73. The summed E-state index contributed by atoms with van der Waals surface area (Å²) in [6.45, 7) is 22.5. The van der Waals surface area contributed by atoms with E-state index in [1.54, 1.807) is 11.8 Å². The second-order valence-electron chi connectivity index (χ2n) is 13.7. The van der Waals surface area contributed by atoms with Crippen molar-refractivity contribution >= 4 is 20.1 Å². The van der Waals surface area contributed by atoms with Crippen molar-refractivity contribution < 1.29 is 13.9 Å². The van der Waals surface area contributed by atoms with Crippen LogP contribution in [0.3, 0.4) is 0 Å². The van der Waals surface area contributed by atoms with Gasteiger partial charge in [0, 0.05) is 10.7 Å². The minimum atomic E-state index is -2.09. The lowest BCUT2D eigenvalue weighted by Crippen LogP contribution is -2.41. The Bertz CT molecular complexity index is 1210. The summed E-state index contributed by atoms with van der Waals surface area (Å²) >= 11 is 1.79. The van der Waals surface area contributed by atoms with Crippen LogP contribution in [0.25, 0.3) is 0 Å². The normalized spacial score (nSPS) is 14.9. The quantitative estimate of drug-likeness (QED) is 0.108. The predicted octanol–water partition coefficient (Wildman–Crippen LogP) is 10.9. The van der Waals surface area contributed by atoms with E-state index in [0.29, 0.717) is 12.6 Å². The number of thioether (sulfide) groups is 1. The largest absolute Gasteiger partial charge is 0.519 e. The zero-order chi connectivity index (χ0) is 31.7. The topological polar surface area (TPSA) is 27.7 Å². The van der Waals surface area contributed by atoms with Crippen molar-refractivity contribution in [3.8, 4) is 0 Å². The predicted molar refractivity (Wildman–Crippen MR) is 188 cm³/mol. The van der Waals surface area contributed by atoms with E-state index in [1.165, 1.54) is 0 Å². The van der Waals surface area contributed by atoms with Gasteiger partial charge in [-0.3, -0.25) is 0 Å². The van der Waals surface area contributed by atoms with Crippen LogP contribution in [-0.2, 0) is 19.5 Å². The Kier molecular flexibility index (Phi) is 12.0. The monoisotopic (exact) mass is 616 g/mol. The van der Waals surface area contributed by atoms with Crippen LogP contribution in [0, 0.1) is 5.92 Å². The fourth-order valence-corrected chi connectivity index (χ4v) is 6.09. The lowest BCUT2D eigenvalue weighted by Gasteiger charge is -2.39. The summed E-state index contributed by atoms with van der Waals surface area (Å²) in [6.07, 6.45) is 3.87. The van der Waals surface area contributed by atoms with Crippen LogP contribution in [0.1, 0.15) is 72.1 Å². The van der Waals surface area contributed by atoms with Gasteiger partial charge in [-0.25, -0.2) is 0 Å². The number of hydrogen-bond acceptors (Lipinski definition) is 4. The third kappa shape index (κ3) is 9.38. The maximum atomic E-state index is 7.18. The number of benzene rings is 3. The molecule has 0 aliphatic heterocycles. The van der Waals surface area contributed by atoms with Gasteiger partial charge in [-0.15, -0.1) is 11.8 Å². The van der Waals surface area contributed by atoms with Crippen molar-refractivity contribution in [3.63, 3.8) is 0 Å². The van der Waals surface area contributed by atoms with E-state index in [0.717, 1.165) is 16.7 Å². The van der Waals surface area contributed by atoms with Gasteiger partial charge in [-0.2, -0.15) is 0 Å². The summed E-state index contributed by atoms with van der Waals surface area (Å²) in [7, 11) is -2.09. The van der Waals surface area contributed by atoms with E-state index in [2.05, 4.69) is 164 Å². The average molecular weight is 617 g/mol. The molecule has 3 aromatic rings. The molecule has 0 unspecified atom stereocenters. The number of ether oxygens (including phenoxy) is 2. The molecule has 0 bridgehead atoms. The molecule has 0 saturated heterocycles. The zero-order valence-corrected chi connectivity index (χ0v) is 29.7. The minimum absolute atomic E-state index is 0.0188. The molecule has 0 N–H and O–H groups in total. The SMILES string of the molecule is C/C=C(/O[C@@H](/C=C/SC(C)(C)C)[C@@H](C)COC(c1ccccc1)(c1ccccc1)c1ccccc1)O[Si](C)(C)C(C)(C)C. The van der Waals surface area contributed by atoms with Gasteiger partial charge in [0.15, 0.2) is 0 Å². The fourth-order valence-electron chi connectivity index (χ4n) is 4.48. The average Bonchev–Trinajstić information content (AvgIpc) is 2.96. The highest BCUT2D eigenvalue weighted by atomic mass is 32.2. The van der Waals surface area contributed by atoms with Crippen molar-refractivity contribution in [1.82, 2.24) is 0 Å². The molecule has 3 rings (SSSR count). The molecule has 2 atom stereocenters. The van der Waals surface area contributed by atoms with Crippen LogP contribution in [0.2, 0.25) is 18.1 Å². The lowest BCUT2D eigenvalue weighted by molar-refractivity contribution is -0.0419. The first-order valence-corrected chi connectivity index (χ1v) is 19.2. The van der Waals surface area contributed by atoms with Gasteiger partial charge in [0.25, 0.3) is 14.3 Å². The maximum absolute atomic E-state index is 7.18. The molecule has 0 heterocycles. The molecule has 0 amide bonds. The Morgan fingerprint density at radius 1 is 0.767 bits per heavy atom. The van der Waals surface area contributed by atoms with Crippen LogP contribution >= 0.6 is 11.8 Å². The van der Waals surface area contributed by atoms with Crippen molar-refractivity contribution in [3.05, 3.63) is 131 Å². The van der Waals surface area contributed by atoms with Crippen molar-refractivity contribution in [2.24, 2.45) is 5.92 Å². The molecule has 0 saturated carbocycles. The van der Waals surface area contributed by atoms with Crippen molar-refractivity contribution in [2.75, 3.05) is 6.61 Å². The molecule has 0 aliphatic rings. The highest BCUT2D eigenvalue weighted by molar-refractivity contribution is 8.03. The number of allylic oxidation sites excluding steroid dienone is 1. The molecule has 0 aromatic heterocycles. The molecular weight excluding hydrogens is 565 g/mol. The molecule has 3 nitrogen and oxygen atoms in total. The van der Waals surface area contributed by atoms with Crippen LogP contribution in [0.4, 0.5) is 0 Å². The van der Waals surface area contributed by atoms with E-state index in [9.17, 15) is 0 Å². The van der Waals surface area contributed by atoms with Gasteiger partial charge in [0.05, 0.1) is 6.61 Å². The van der Waals surface area contributed by atoms with Gasteiger partial charge in [0.1, 0.15) is 11.7 Å². The third-order valence-electron chi connectivity index (χ3n) is 8.00. The van der Waals surface area contributed by atoms with Crippen molar-refractivity contribution in [1.29, 1.82) is 0 Å². The van der Waals surface area contributed by atoms with Crippen molar-refractivity contribution in [2.45, 2.75) is 90.0 Å². The first-order valence-electron chi connectivity index (χ1n) is 15.4. The minimum Gasteiger partial charge on any atom is -0.519 e. The molecule has 0 fully saturated rings. The van der Waals surface area contributed by atoms with Crippen LogP contribution in [0.15, 0.2) is 115 Å². The summed E-state index contributed by atoms with van der Waals surface area (Å²) in [5.41, 5.74) is 2.48. The van der Waals surface area contributed by atoms with Crippen LogP contribution < -0.4 is 0 Å². The smallest absolute Gasteiger partial charge is 0.261 e. The lowest BCUT2D eigenvalue weighted by atomic mass is 9.80. The summed E-state index contributed by atoms with van der Waals surface area (Å²) in [4.78, 5) is 0. The van der Waals surface area contributed by atoms with E-state index < -0.39 is 13.9 Å². The molecule has 0 aliphatic carbocycles. The Balaban J connectivity index is 2.00. The second kappa shape index (κ2) is 14.8. The summed E-state index contributed by atoms with van der Waals surface area (Å²) < 4.78 is 20.6. The van der Waals surface area contributed by atoms with Gasteiger partial charge in [0.2, 0.25) is 0 Å². The Labute approximate surface area is 266 Å². The van der Waals surface area contributed by atoms with Crippen LogP contribution in [0.5, 0.6) is 0 Å². The molecule has 5 heteroatoms. The van der Waals surface area contributed by atoms with E-state index >= 15 is 0 Å². The summed E-state index contributed by atoms with van der Waals surface area (Å²) in [5.74, 6) is 0.611. The standard InChI is InChI=1S/C38H52O3SSi/c1-11-35(41-43(9,10)37(6,7)8)40-34(27-28-42-36(3,4)5)30(2)29-39-38(31-21-15-12-16-22-31,32-23-17-13-18-24-32)33-25-19-14-20-26-33/h11-28,30,34H,29H2,1-10H3/b28-27+,35-11-/t30-,34-/m0/s1. The molecule has 43 heavy (non-hydrogen) atoms. The number of rotatable bonds is 13. The van der Waals surface area contributed by atoms with E-state index in [-0.39, 0.29) is 21.8 Å². The number of hydrogen-bond donors (Lipinski definition) is 0. The summed E-state index contributed by atoms with van der Waals surface area (Å²) in [5, 5.41) is 2.23. The molecule has 3 aromatic carbocycles.